The molecule has 1 aromatic heterocycles. The third-order valence-electron chi connectivity index (χ3n) is 8.66. The van der Waals surface area contributed by atoms with Crippen molar-refractivity contribution >= 4 is 59.1 Å². The molecular formula is C33H53N13O12. The molecule has 0 saturated carbocycles. The fraction of sp³-hybridized carbons (Fsp3) is 0.606. The van der Waals surface area contributed by atoms with Gasteiger partial charge in [-0.15, -0.1) is 0 Å². The molecule has 1 saturated heterocycles. The summed E-state index contributed by atoms with van der Waals surface area (Å²) < 4.78 is 0. The number of aliphatic hydroxyl groups is 1. The van der Waals surface area contributed by atoms with E-state index < -0.39 is 122 Å². The normalized spacial score (nSPS) is 15.4. The zero-order valence-electron chi connectivity index (χ0n) is 31.8. The van der Waals surface area contributed by atoms with E-state index in [0.717, 1.165) is 0 Å². The number of carbonyl (C=O) groups is 10. The zero-order chi connectivity index (χ0) is 43.2. The van der Waals surface area contributed by atoms with Crippen molar-refractivity contribution in [3.8, 4) is 0 Å². The Labute approximate surface area is 332 Å². The van der Waals surface area contributed by atoms with Crippen molar-refractivity contribution in [3.63, 3.8) is 0 Å². The Hall–Kier alpha value is -6.21. The minimum Gasteiger partial charge on any atom is -0.480 e. The molecule has 0 aliphatic carbocycles. The number of aromatic amines is 1. The lowest BCUT2D eigenvalue weighted by atomic mass is 10.1. The number of aliphatic carboxylic acids is 1. The average Bonchev–Trinajstić information content (AvgIpc) is 3.91. The van der Waals surface area contributed by atoms with E-state index in [0.29, 0.717) is 31.5 Å². The predicted octanol–water partition coefficient (Wildman–Crippen LogP) is -7.34. The van der Waals surface area contributed by atoms with Crippen molar-refractivity contribution in [2.45, 2.75) is 81.6 Å². The number of rotatable bonds is 26. The Bertz CT molecular complexity index is 1610. The first-order valence-electron chi connectivity index (χ1n) is 18.4. The number of nitrogens with one attached hydrogen (secondary N) is 8. The Morgan fingerprint density at radius 3 is 2.03 bits per heavy atom. The van der Waals surface area contributed by atoms with Gasteiger partial charge in [-0.2, -0.15) is 0 Å². The highest BCUT2D eigenvalue weighted by Gasteiger charge is 2.39. The molecule has 0 spiro atoms. The Morgan fingerprint density at radius 1 is 0.793 bits per heavy atom. The molecule has 2 rings (SSSR count). The number of aliphatic hydroxyl groups excluding tert-OH is 1. The summed E-state index contributed by atoms with van der Waals surface area (Å²) in [5.74, 6) is -8.41. The summed E-state index contributed by atoms with van der Waals surface area (Å²) in [4.78, 5) is 132. The van der Waals surface area contributed by atoms with E-state index >= 15 is 0 Å². The van der Waals surface area contributed by atoms with E-state index in [1.165, 1.54) is 17.4 Å². The van der Waals surface area contributed by atoms with Crippen LogP contribution >= 0.6 is 0 Å². The van der Waals surface area contributed by atoms with Crippen LogP contribution in [0.1, 0.15) is 50.6 Å². The Morgan fingerprint density at radius 2 is 1.45 bits per heavy atom. The standard InChI is InChI=1S/C33H53N13O12/c34-8-2-1-4-20(33(57)58)44-30(54)21(10-18-12-37-17-41-18)43-28(52)15-39-26(50)13-38-27(51)14-40-29(53)22(16-47)45-31(55)23-5-3-9-46(23)32(56)19(6-7-24(36)48)42-25(49)11-35/h12,17,19-23,47H,1-11,13-16,34-35H2,(H2,36,48)(H,37,41)(H,38,51)(H,39,50)(H,40,53)(H,42,49)(H,43,52)(H,44,54)(H,45,55)(H,57,58)/t19-,20-,21-,22-,23-/m0/s1. The minimum atomic E-state index is -1.55. The van der Waals surface area contributed by atoms with Crippen LogP contribution in [-0.2, 0) is 54.4 Å². The van der Waals surface area contributed by atoms with Crippen molar-refractivity contribution in [1.82, 2.24) is 52.1 Å². The topological polar surface area (TPSA) is 405 Å². The number of aromatic nitrogens is 2. The van der Waals surface area contributed by atoms with Crippen LogP contribution in [0.25, 0.3) is 0 Å². The van der Waals surface area contributed by atoms with E-state index in [9.17, 15) is 58.2 Å². The third-order valence-corrected chi connectivity index (χ3v) is 8.66. The lowest BCUT2D eigenvalue weighted by Crippen LogP contribution is -2.57. The summed E-state index contributed by atoms with van der Waals surface area (Å²) >= 11 is 0. The van der Waals surface area contributed by atoms with Crippen LogP contribution in [0, 0.1) is 0 Å². The van der Waals surface area contributed by atoms with Crippen molar-refractivity contribution < 1.29 is 58.2 Å². The Kier molecular flexibility index (Phi) is 20.8. The van der Waals surface area contributed by atoms with Gasteiger partial charge in [0.15, 0.2) is 0 Å². The van der Waals surface area contributed by atoms with Gasteiger partial charge in [-0.1, -0.05) is 0 Å². The van der Waals surface area contributed by atoms with Gasteiger partial charge in [0, 0.05) is 31.3 Å². The molecule has 0 radical (unpaired) electrons. The molecule has 1 aliphatic heterocycles. The number of H-pyrrole nitrogens is 1. The molecule has 0 aromatic carbocycles. The quantitative estimate of drug-likeness (QED) is 0.0386. The maximum Gasteiger partial charge on any atom is 0.326 e. The number of carbonyl (C=O) groups excluding carboxylic acids is 9. The lowest BCUT2D eigenvalue weighted by molar-refractivity contribution is -0.142. The van der Waals surface area contributed by atoms with Crippen LogP contribution in [-0.4, -0.2) is 160 Å². The second kappa shape index (κ2) is 25.1. The maximum absolute atomic E-state index is 13.3. The monoisotopic (exact) mass is 823 g/mol. The van der Waals surface area contributed by atoms with Gasteiger partial charge in [-0.25, -0.2) is 9.78 Å². The SMILES string of the molecule is NCCCC[C@H](NC(=O)[C@H](Cc1cnc[nH]1)NC(=O)CNC(=O)CNC(=O)CNC(=O)[C@H](CO)NC(=O)[C@@H]1CCCN1C(=O)[C@H](CCC(N)=O)NC(=O)CN)C(=O)O. The Balaban J connectivity index is 1.85. The molecule has 0 bridgehead atoms. The number of nitrogens with zero attached hydrogens (tertiary/aromatic N) is 2. The molecule has 2 heterocycles. The van der Waals surface area contributed by atoms with Crippen LogP contribution in [0.4, 0.5) is 0 Å². The van der Waals surface area contributed by atoms with Gasteiger partial charge >= 0.3 is 5.97 Å². The molecule has 25 heteroatoms. The summed E-state index contributed by atoms with van der Waals surface area (Å²) in [5.41, 5.74) is 16.4. The fourth-order valence-corrected chi connectivity index (χ4v) is 5.63. The van der Waals surface area contributed by atoms with Gasteiger partial charge in [0.05, 0.1) is 39.1 Å². The summed E-state index contributed by atoms with van der Waals surface area (Å²) in [5, 5.41) is 35.5. The van der Waals surface area contributed by atoms with E-state index in [-0.39, 0.29) is 38.6 Å². The number of hydrogen-bond donors (Lipinski definition) is 13. The van der Waals surface area contributed by atoms with E-state index in [2.05, 4.69) is 47.2 Å². The number of hydrogen-bond acceptors (Lipinski definition) is 14. The number of carboxylic acids is 1. The number of primary amides is 1. The highest BCUT2D eigenvalue weighted by Crippen LogP contribution is 2.20. The van der Waals surface area contributed by atoms with Crippen molar-refractivity contribution in [2.24, 2.45) is 17.2 Å². The van der Waals surface area contributed by atoms with Crippen LogP contribution in [0.5, 0.6) is 0 Å². The number of nitrogens with two attached hydrogens (primary N) is 3. The molecule has 25 nitrogen and oxygen atoms in total. The summed E-state index contributed by atoms with van der Waals surface area (Å²) in [6, 6.07) is -6.33. The first-order chi connectivity index (χ1) is 27.6. The van der Waals surface area contributed by atoms with Crippen LogP contribution in [0.2, 0.25) is 0 Å². The van der Waals surface area contributed by atoms with Gasteiger partial charge in [0.1, 0.15) is 30.2 Å². The third kappa shape index (κ3) is 16.9. The molecule has 0 unspecified atom stereocenters. The van der Waals surface area contributed by atoms with Gasteiger partial charge in [-0.05, 0) is 45.1 Å². The van der Waals surface area contributed by atoms with E-state index in [1.54, 1.807) is 0 Å². The molecule has 1 aromatic rings. The van der Waals surface area contributed by atoms with Crippen LogP contribution in [0.3, 0.4) is 0 Å². The number of likely N-dealkylation sites (tertiary alicyclic amines) is 1. The molecule has 1 fully saturated rings. The summed E-state index contributed by atoms with van der Waals surface area (Å²) in [6.45, 7) is -2.82. The van der Waals surface area contributed by atoms with E-state index in [4.69, 9.17) is 17.2 Å². The van der Waals surface area contributed by atoms with Gasteiger partial charge in [-0.3, -0.25) is 43.2 Å². The number of amides is 9. The smallest absolute Gasteiger partial charge is 0.326 e. The number of imidazole rings is 1. The minimum absolute atomic E-state index is 0.0848. The van der Waals surface area contributed by atoms with Crippen LogP contribution in [0.15, 0.2) is 12.5 Å². The first-order valence-corrected chi connectivity index (χ1v) is 18.4. The predicted molar refractivity (Wildman–Crippen MR) is 199 cm³/mol. The summed E-state index contributed by atoms with van der Waals surface area (Å²) in [7, 11) is 0. The number of unbranched alkanes of at least 4 members (excludes halogenated alkanes) is 1. The highest BCUT2D eigenvalue weighted by atomic mass is 16.4. The van der Waals surface area contributed by atoms with Gasteiger partial charge in [0.2, 0.25) is 53.2 Å². The molecule has 5 atom stereocenters. The second-order valence-corrected chi connectivity index (χ2v) is 13.1. The molecular weight excluding hydrogens is 770 g/mol. The highest BCUT2D eigenvalue weighted by molar-refractivity contribution is 5.96. The van der Waals surface area contributed by atoms with Crippen molar-refractivity contribution in [2.75, 3.05) is 45.9 Å². The molecule has 58 heavy (non-hydrogen) atoms. The van der Waals surface area contributed by atoms with Crippen LogP contribution < -0.4 is 54.4 Å². The van der Waals surface area contributed by atoms with Crippen molar-refractivity contribution in [3.05, 3.63) is 18.2 Å². The average molecular weight is 824 g/mol. The number of carboxylic acid groups (broad SMARTS) is 1. The largest absolute Gasteiger partial charge is 0.480 e. The van der Waals surface area contributed by atoms with E-state index in [1.807, 2.05) is 0 Å². The van der Waals surface area contributed by atoms with Gasteiger partial charge < -0.3 is 74.5 Å². The molecule has 16 N–H and O–H groups in total. The zero-order valence-corrected chi connectivity index (χ0v) is 31.8. The van der Waals surface area contributed by atoms with Gasteiger partial charge in [0.25, 0.3) is 0 Å². The molecule has 9 amide bonds. The molecule has 322 valence electrons. The first kappa shape index (κ1) is 47.9. The van der Waals surface area contributed by atoms with Crippen molar-refractivity contribution in [1.29, 1.82) is 0 Å². The lowest BCUT2D eigenvalue weighted by Gasteiger charge is -2.29. The maximum atomic E-state index is 13.3. The molecule has 1 aliphatic rings. The second-order valence-electron chi connectivity index (χ2n) is 13.1. The fourth-order valence-electron chi connectivity index (χ4n) is 5.63. The summed E-state index contributed by atoms with van der Waals surface area (Å²) in [6.07, 6.45) is 3.96.